The van der Waals surface area contributed by atoms with Crippen molar-refractivity contribution in [2.75, 3.05) is 26.2 Å². The summed E-state index contributed by atoms with van der Waals surface area (Å²) in [5.74, 6) is 1.70. The maximum atomic E-state index is 15.8. The normalized spacial score (nSPS) is 21.8. The first-order valence-corrected chi connectivity index (χ1v) is 12.8. The van der Waals surface area contributed by atoms with Crippen molar-refractivity contribution in [2.45, 2.75) is 64.6 Å². The molecule has 0 aliphatic heterocycles. The zero-order chi connectivity index (χ0) is 26.6. The van der Waals surface area contributed by atoms with Crippen LogP contribution in [0.1, 0.15) is 52.4 Å². The van der Waals surface area contributed by atoms with E-state index in [9.17, 15) is 5.11 Å². The molecule has 0 unspecified atom stereocenters. The van der Waals surface area contributed by atoms with E-state index in [0.29, 0.717) is 28.8 Å². The number of aromatic hydroxyl groups is 1. The van der Waals surface area contributed by atoms with E-state index in [4.69, 9.17) is 9.47 Å². The first-order valence-electron chi connectivity index (χ1n) is 12.8. The van der Waals surface area contributed by atoms with Crippen molar-refractivity contribution in [3.63, 3.8) is 0 Å². The van der Waals surface area contributed by atoms with Crippen LogP contribution in [0.2, 0.25) is 0 Å². The van der Waals surface area contributed by atoms with Crippen LogP contribution in [0.4, 0.5) is 10.2 Å². The fourth-order valence-corrected chi connectivity index (χ4v) is 5.37. The summed E-state index contributed by atoms with van der Waals surface area (Å²) in [5, 5.41) is 19.4. The van der Waals surface area contributed by atoms with Crippen LogP contribution >= 0.6 is 0 Å². The number of anilines is 1. The summed E-state index contributed by atoms with van der Waals surface area (Å²) in [7, 11) is 4.94. The van der Waals surface area contributed by atoms with Gasteiger partial charge in [-0.2, -0.15) is 0 Å². The summed E-state index contributed by atoms with van der Waals surface area (Å²) >= 11 is 0. The average molecular weight is 510 g/mol. The van der Waals surface area contributed by atoms with Crippen molar-refractivity contribution in [3.8, 4) is 39.9 Å². The highest BCUT2D eigenvalue weighted by Crippen LogP contribution is 2.42. The number of benzene rings is 1. The van der Waals surface area contributed by atoms with Gasteiger partial charge in [0.25, 0.3) is 5.88 Å². The van der Waals surface area contributed by atoms with Gasteiger partial charge in [0.1, 0.15) is 11.9 Å². The van der Waals surface area contributed by atoms with Crippen molar-refractivity contribution in [3.05, 3.63) is 36.7 Å². The Kier molecular flexibility index (Phi) is 8.10. The SMILES string of the molecule is CCC[C@]1(C)CCCC[C@H](N(C)c2cnc(-c3ccc(-c4cnc(OC)c(OC)c4)cc3O)nn2)[C@@H]1F. The summed E-state index contributed by atoms with van der Waals surface area (Å²) in [6, 6.07) is 6.72. The molecule has 1 fully saturated rings. The molecule has 37 heavy (non-hydrogen) atoms. The molecule has 2 heterocycles. The molecule has 0 amide bonds. The van der Waals surface area contributed by atoms with Crippen molar-refractivity contribution in [1.29, 1.82) is 0 Å². The fourth-order valence-electron chi connectivity index (χ4n) is 5.37. The van der Waals surface area contributed by atoms with Crippen LogP contribution in [0, 0.1) is 5.41 Å². The summed E-state index contributed by atoms with van der Waals surface area (Å²) in [5.41, 5.74) is 1.63. The van der Waals surface area contributed by atoms with Crippen LogP contribution in [-0.4, -0.2) is 58.8 Å². The van der Waals surface area contributed by atoms with Gasteiger partial charge >= 0.3 is 0 Å². The van der Waals surface area contributed by atoms with Crippen LogP contribution in [-0.2, 0) is 0 Å². The lowest BCUT2D eigenvalue weighted by Gasteiger charge is -2.39. The Morgan fingerprint density at radius 2 is 1.89 bits per heavy atom. The Bertz CT molecular complexity index is 1210. The summed E-state index contributed by atoms with van der Waals surface area (Å²) < 4.78 is 26.3. The number of alkyl halides is 1. The van der Waals surface area contributed by atoms with E-state index in [-0.39, 0.29) is 17.2 Å². The third-order valence-corrected chi connectivity index (χ3v) is 7.53. The Morgan fingerprint density at radius 1 is 1.08 bits per heavy atom. The number of hydrogen-bond donors (Lipinski definition) is 1. The van der Waals surface area contributed by atoms with E-state index in [1.807, 2.05) is 18.0 Å². The van der Waals surface area contributed by atoms with Gasteiger partial charge in [0.15, 0.2) is 17.4 Å². The number of nitrogens with zero attached hydrogens (tertiary/aromatic N) is 5. The number of hydrogen-bond acceptors (Lipinski definition) is 8. The van der Waals surface area contributed by atoms with Crippen LogP contribution < -0.4 is 14.4 Å². The van der Waals surface area contributed by atoms with Crippen molar-refractivity contribution < 1.29 is 19.0 Å². The van der Waals surface area contributed by atoms with Crippen molar-refractivity contribution >= 4 is 5.82 Å². The van der Waals surface area contributed by atoms with Gasteiger partial charge in [-0.3, -0.25) is 0 Å². The van der Waals surface area contributed by atoms with Gasteiger partial charge in [-0.25, -0.2) is 14.4 Å². The summed E-state index contributed by atoms with van der Waals surface area (Å²) in [6.07, 6.45) is 7.84. The van der Waals surface area contributed by atoms with Crippen LogP contribution in [0.3, 0.4) is 0 Å². The molecule has 0 bridgehead atoms. The Hall–Kier alpha value is -3.49. The number of pyridine rings is 1. The standard InChI is InChI=1S/C28H36FN5O3/c1-6-12-28(2)13-8-7-9-21(25(28)29)34(3)24-17-30-26(33-32-24)20-11-10-18(14-22(20)35)19-15-23(36-4)27(37-5)31-16-19/h10-11,14-17,21,25,35H,6-9,12-13H2,1-5H3/t21-,25-,28+/m0/s1. The second kappa shape index (κ2) is 11.3. The number of phenolic OH excluding ortho intramolecular Hbond substituents is 1. The van der Waals surface area contributed by atoms with Gasteiger partial charge in [-0.05, 0) is 43.0 Å². The van der Waals surface area contributed by atoms with Crippen LogP contribution in [0.5, 0.6) is 17.4 Å². The van der Waals surface area contributed by atoms with Crippen LogP contribution in [0.15, 0.2) is 36.7 Å². The predicted molar refractivity (Wildman–Crippen MR) is 142 cm³/mol. The zero-order valence-corrected chi connectivity index (χ0v) is 22.2. The first kappa shape index (κ1) is 26.6. The minimum atomic E-state index is -0.955. The maximum Gasteiger partial charge on any atom is 0.256 e. The molecular formula is C28H36FN5O3. The van der Waals surface area contributed by atoms with Gasteiger partial charge < -0.3 is 19.5 Å². The second-order valence-electron chi connectivity index (χ2n) is 10.0. The molecule has 198 valence electrons. The highest BCUT2D eigenvalue weighted by molar-refractivity contribution is 5.73. The first-order chi connectivity index (χ1) is 17.8. The number of phenols is 1. The maximum absolute atomic E-state index is 15.8. The van der Waals surface area contributed by atoms with E-state index in [2.05, 4.69) is 34.0 Å². The highest BCUT2D eigenvalue weighted by Gasteiger charge is 2.42. The number of halogens is 1. The molecule has 1 N–H and O–H groups in total. The second-order valence-corrected chi connectivity index (χ2v) is 10.0. The Balaban J connectivity index is 1.55. The average Bonchev–Trinajstić information content (AvgIpc) is 3.06. The van der Waals surface area contributed by atoms with Gasteiger partial charge in [-0.15, -0.1) is 10.2 Å². The van der Waals surface area contributed by atoms with Gasteiger partial charge in [-0.1, -0.05) is 39.2 Å². The lowest BCUT2D eigenvalue weighted by Crippen LogP contribution is -2.46. The quantitative estimate of drug-likeness (QED) is 0.378. The Labute approximate surface area is 217 Å². The molecule has 1 aliphatic carbocycles. The molecule has 9 heteroatoms. The van der Waals surface area contributed by atoms with Gasteiger partial charge in [0, 0.05) is 24.2 Å². The lowest BCUT2D eigenvalue weighted by molar-refractivity contribution is 0.0868. The van der Waals surface area contributed by atoms with Gasteiger partial charge in [0.05, 0.1) is 32.0 Å². The van der Waals surface area contributed by atoms with Crippen molar-refractivity contribution in [1.82, 2.24) is 20.2 Å². The molecule has 8 nitrogen and oxygen atoms in total. The minimum absolute atomic E-state index is 0.0121. The number of aromatic nitrogens is 4. The predicted octanol–water partition coefficient (Wildman–Crippen LogP) is 5.85. The largest absolute Gasteiger partial charge is 0.507 e. The molecule has 0 saturated heterocycles. The molecule has 2 aromatic heterocycles. The molecule has 0 radical (unpaired) electrons. The minimum Gasteiger partial charge on any atom is -0.507 e. The molecular weight excluding hydrogens is 473 g/mol. The van der Waals surface area contributed by atoms with Crippen molar-refractivity contribution in [2.24, 2.45) is 5.41 Å². The van der Waals surface area contributed by atoms with Gasteiger partial charge in [0.2, 0.25) is 0 Å². The molecule has 3 aromatic rings. The molecule has 1 aliphatic rings. The highest BCUT2D eigenvalue weighted by atomic mass is 19.1. The number of ether oxygens (including phenoxy) is 2. The fraction of sp³-hybridized carbons (Fsp3) is 0.500. The third kappa shape index (κ3) is 5.45. The number of rotatable bonds is 8. The summed E-state index contributed by atoms with van der Waals surface area (Å²) in [6.45, 7) is 4.19. The lowest BCUT2D eigenvalue weighted by atomic mass is 9.76. The smallest absolute Gasteiger partial charge is 0.256 e. The zero-order valence-electron chi connectivity index (χ0n) is 22.2. The van der Waals surface area contributed by atoms with E-state index >= 15 is 4.39 Å². The Morgan fingerprint density at radius 3 is 2.54 bits per heavy atom. The van der Waals surface area contributed by atoms with E-state index < -0.39 is 6.17 Å². The molecule has 0 spiro atoms. The number of methoxy groups -OCH3 is 2. The molecule has 1 aromatic carbocycles. The van der Waals surface area contributed by atoms with Crippen LogP contribution in [0.25, 0.3) is 22.5 Å². The monoisotopic (exact) mass is 509 g/mol. The molecule has 4 rings (SSSR count). The third-order valence-electron chi connectivity index (χ3n) is 7.53. The summed E-state index contributed by atoms with van der Waals surface area (Å²) in [4.78, 5) is 10.6. The topological polar surface area (TPSA) is 93.5 Å². The molecule has 1 saturated carbocycles. The van der Waals surface area contributed by atoms with E-state index in [1.165, 1.54) is 7.11 Å². The molecule has 3 atom stereocenters. The van der Waals surface area contributed by atoms with E-state index in [1.54, 1.807) is 37.7 Å². The van der Waals surface area contributed by atoms with E-state index in [0.717, 1.165) is 49.7 Å².